The minimum atomic E-state index is -1.14. The molecule has 1 aromatic carbocycles. The Kier molecular flexibility index (Phi) is 4.91. The van der Waals surface area contributed by atoms with E-state index in [4.69, 9.17) is 16.7 Å². The van der Waals surface area contributed by atoms with Crippen molar-refractivity contribution in [1.82, 2.24) is 5.32 Å². The van der Waals surface area contributed by atoms with E-state index in [1.165, 1.54) is 6.07 Å². The zero-order chi connectivity index (χ0) is 13.7. The molecule has 0 bridgehead atoms. The van der Waals surface area contributed by atoms with Crippen LogP contribution in [0.2, 0.25) is 5.02 Å². The summed E-state index contributed by atoms with van der Waals surface area (Å²) >= 11 is 5.75. The number of hydrogen-bond donors (Lipinski definition) is 3. The van der Waals surface area contributed by atoms with E-state index in [1.807, 2.05) is 0 Å². The van der Waals surface area contributed by atoms with Crippen molar-refractivity contribution in [2.45, 2.75) is 19.4 Å². The van der Waals surface area contributed by atoms with Gasteiger partial charge in [-0.1, -0.05) is 18.5 Å². The molecule has 0 saturated heterocycles. The standard InChI is InChI=1S/C11H12ClFN2O3/c1-2-8(10(16)17)14-11(18)15-9-5-6(13)3-4-7(9)12/h3-5,8H,2H2,1H3,(H,16,17)(H2,14,15,18)/t8-/m1/s1. The second kappa shape index (κ2) is 6.20. The fraction of sp³-hybridized carbons (Fsp3) is 0.273. The molecule has 0 aliphatic rings. The van der Waals surface area contributed by atoms with Crippen molar-refractivity contribution < 1.29 is 19.1 Å². The number of carbonyl (C=O) groups excluding carboxylic acids is 1. The summed E-state index contributed by atoms with van der Waals surface area (Å²) in [5.74, 6) is -1.70. The molecule has 0 unspecified atom stereocenters. The first-order valence-electron chi connectivity index (χ1n) is 5.19. The Morgan fingerprint density at radius 2 is 2.17 bits per heavy atom. The lowest BCUT2D eigenvalue weighted by Gasteiger charge is -2.13. The summed E-state index contributed by atoms with van der Waals surface area (Å²) < 4.78 is 12.9. The third-order valence-electron chi connectivity index (χ3n) is 2.19. The van der Waals surface area contributed by atoms with Crippen molar-refractivity contribution in [1.29, 1.82) is 0 Å². The predicted molar refractivity (Wildman–Crippen MR) is 65.3 cm³/mol. The number of halogens is 2. The molecule has 0 aliphatic heterocycles. The summed E-state index contributed by atoms with van der Waals surface area (Å²) in [6.07, 6.45) is 0.236. The molecule has 0 aliphatic carbocycles. The highest BCUT2D eigenvalue weighted by Gasteiger charge is 2.17. The smallest absolute Gasteiger partial charge is 0.326 e. The van der Waals surface area contributed by atoms with Crippen molar-refractivity contribution in [3.63, 3.8) is 0 Å². The van der Waals surface area contributed by atoms with Crippen molar-refractivity contribution in [2.24, 2.45) is 0 Å². The molecule has 5 nitrogen and oxygen atoms in total. The molecule has 0 radical (unpaired) electrons. The molecule has 7 heteroatoms. The van der Waals surface area contributed by atoms with E-state index in [1.54, 1.807) is 6.92 Å². The SMILES string of the molecule is CC[C@@H](NC(=O)Nc1cc(F)ccc1Cl)C(=O)O. The van der Waals surface area contributed by atoms with Crippen LogP contribution in [0.1, 0.15) is 13.3 Å². The Labute approximate surface area is 108 Å². The minimum Gasteiger partial charge on any atom is -0.480 e. The Morgan fingerprint density at radius 1 is 1.50 bits per heavy atom. The fourth-order valence-corrected chi connectivity index (χ4v) is 1.41. The number of carboxylic acids is 1. The summed E-state index contributed by atoms with van der Waals surface area (Å²) in [5, 5.41) is 13.4. The molecule has 0 spiro atoms. The van der Waals surface area contributed by atoms with Crippen LogP contribution in [0.15, 0.2) is 18.2 Å². The monoisotopic (exact) mass is 274 g/mol. The van der Waals surface area contributed by atoms with Gasteiger partial charge in [0.25, 0.3) is 0 Å². The van der Waals surface area contributed by atoms with Crippen LogP contribution in [-0.4, -0.2) is 23.1 Å². The van der Waals surface area contributed by atoms with E-state index >= 15 is 0 Å². The molecule has 1 aromatic rings. The third kappa shape index (κ3) is 3.89. The summed E-state index contributed by atoms with van der Waals surface area (Å²) in [6, 6.07) is 1.73. The van der Waals surface area contributed by atoms with Crippen LogP contribution >= 0.6 is 11.6 Å². The summed E-state index contributed by atoms with van der Waals surface area (Å²) in [5.41, 5.74) is 0.0782. The van der Waals surface area contributed by atoms with Gasteiger partial charge in [-0.3, -0.25) is 0 Å². The van der Waals surface area contributed by atoms with Gasteiger partial charge in [0, 0.05) is 0 Å². The first-order chi connectivity index (χ1) is 8.43. The molecule has 1 atom stereocenters. The molecule has 2 amide bonds. The number of anilines is 1. The van der Waals surface area contributed by atoms with Gasteiger partial charge in [0.15, 0.2) is 0 Å². The number of aliphatic carboxylic acids is 1. The molecule has 1 rings (SSSR count). The van der Waals surface area contributed by atoms with Crippen molar-refractivity contribution >= 4 is 29.3 Å². The Bertz CT molecular complexity index is 468. The molecular weight excluding hydrogens is 263 g/mol. The molecule has 0 aromatic heterocycles. The van der Waals surface area contributed by atoms with Crippen molar-refractivity contribution in [3.05, 3.63) is 29.0 Å². The van der Waals surface area contributed by atoms with Gasteiger partial charge in [-0.15, -0.1) is 0 Å². The van der Waals surface area contributed by atoms with Gasteiger partial charge >= 0.3 is 12.0 Å². The molecule has 0 heterocycles. The number of carboxylic acid groups (broad SMARTS) is 1. The second-order valence-corrected chi connectivity index (χ2v) is 3.93. The predicted octanol–water partition coefficient (Wildman–Crippen LogP) is 2.46. The maximum absolute atomic E-state index is 12.9. The van der Waals surface area contributed by atoms with Crippen LogP contribution in [-0.2, 0) is 4.79 Å². The van der Waals surface area contributed by atoms with Gasteiger partial charge in [-0.2, -0.15) is 0 Å². The van der Waals surface area contributed by atoms with Gasteiger partial charge < -0.3 is 15.7 Å². The number of carbonyl (C=O) groups is 2. The van der Waals surface area contributed by atoms with Gasteiger partial charge in [-0.25, -0.2) is 14.0 Å². The normalized spacial score (nSPS) is 11.7. The lowest BCUT2D eigenvalue weighted by Crippen LogP contribution is -2.42. The number of nitrogens with one attached hydrogen (secondary N) is 2. The van der Waals surface area contributed by atoms with E-state index in [0.717, 1.165) is 12.1 Å². The van der Waals surface area contributed by atoms with Gasteiger partial charge in [0.2, 0.25) is 0 Å². The average molecular weight is 275 g/mol. The maximum atomic E-state index is 12.9. The maximum Gasteiger partial charge on any atom is 0.326 e. The highest BCUT2D eigenvalue weighted by Crippen LogP contribution is 2.22. The first kappa shape index (κ1) is 14.2. The summed E-state index contributed by atoms with van der Waals surface area (Å²) in [6.45, 7) is 1.62. The highest BCUT2D eigenvalue weighted by atomic mass is 35.5. The topological polar surface area (TPSA) is 78.4 Å². The number of amides is 2. The highest BCUT2D eigenvalue weighted by molar-refractivity contribution is 6.33. The second-order valence-electron chi connectivity index (χ2n) is 3.52. The Hall–Kier alpha value is -1.82. The van der Waals surface area contributed by atoms with E-state index in [0.29, 0.717) is 0 Å². The quantitative estimate of drug-likeness (QED) is 0.789. The van der Waals surface area contributed by atoms with Crippen molar-refractivity contribution in [2.75, 3.05) is 5.32 Å². The number of rotatable bonds is 4. The van der Waals surface area contributed by atoms with Crippen LogP contribution in [0.3, 0.4) is 0 Å². The Balaban J connectivity index is 2.70. The first-order valence-corrected chi connectivity index (χ1v) is 5.57. The Morgan fingerprint density at radius 3 is 2.72 bits per heavy atom. The zero-order valence-electron chi connectivity index (χ0n) is 9.54. The molecule has 0 saturated carbocycles. The zero-order valence-corrected chi connectivity index (χ0v) is 10.3. The van der Waals surface area contributed by atoms with Crippen LogP contribution in [0.5, 0.6) is 0 Å². The lowest BCUT2D eigenvalue weighted by atomic mass is 10.2. The van der Waals surface area contributed by atoms with E-state index in [-0.39, 0.29) is 17.1 Å². The molecule has 98 valence electrons. The average Bonchev–Trinajstić information content (AvgIpc) is 2.30. The van der Waals surface area contributed by atoms with Crippen molar-refractivity contribution in [3.8, 4) is 0 Å². The van der Waals surface area contributed by atoms with E-state index in [9.17, 15) is 14.0 Å². The van der Waals surface area contributed by atoms with Crippen LogP contribution < -0.4 is 10.6 Å². The molecular formula is C11H12ClFN2O3. The number of benzene rings is 1. The fourth-order valence-electron chi connectivity index (χ4n) is 1.25. The number of urea groups is 1. The van der Waals surface area contributed by atoms with E-state index in [2.05, 4.69) is 10.6 Å². The van der Waals surface area contributed by atoms with Gasteiger partial charge in [0.05, 0.1) is 10.7 Å². The van der Waals surface area contributed by atoms with E-state index < -0.39 is 23.9 Å². The van der Waals surface area contributed by atoms with Gasteiger partial charge in [-0.05, 0) is 24.6 Å². The van der Waals surface area contributed by atoms with Crippen LogP contribution in [0.25, 0.3) is 0 Å². The molecule has 3 N–H and O–H groups in total. The molecule has 18 heavy (non-hydrogen) atoms. The molecule has 0 fully saturated rings. The number of hydrogen-bond acceptors (Lipinski definition) is 2. The third-order valence-corrected chi connectivity index (χ3v) is 2.52. The van der Waals surface area contributed by atoms with Crippen LogP contribution in [0.4, 0.5) is 14.9 Å². The summed E-state index contributed by atoms with van der Waals surface area (Å²) in [4.78, 5) is 22.2. The lowest BCUT2D eigenvalue weighted by molar-refractivity contribution is -0.139. The summed E-state index contributed by atoms with van der Waals surface area (Å²) in [7, 11) is 0. The van der Waals surface area contributed by atoms with Crippen LogP contribution in [0, 0.1) is 5.82 Å². The largest absolute Gasteiger partial charge is 0.480 e. The minimum absolute atomic E-state index is 0.0782. The van der Waals surface area contributed by atoms with Gasteiger partial charge in [0.1, 0.15) is 11.9 Å².